The van der Waals surface area contributed by atoms with Crippen LogP contribution in [0.3, 0.4) is 0 Å². The summed E-state index contributed by atoms with van der Waals surface area (Å²) in [5.41, 5.74) is 1.59. The molecule has 0 saturated carbocycles. The molecule has 122 valence electrons. The summed E-state index contributed by atoms with van der Waals surface area (Å²) in [5.74, 6) is 1.02. The minimum absolute atomic E-state index is 0.330. The van der Waals surface area contributed by atoms with Gasteiger partial charge in [0, 0.05) is 12.2 Å². The smallest absolute Gasteiger partial charge is 0.249 e. The zero-order valence-electron chi connectivity index (χ0n) is 12.9. The standard InChI is InChI=1S/C17H15Cl2N5/c1-2-24(12-7-4-3-5-8-12)15-11-20-23-17(21-15)22-16-13(18)9-6-10-14(16)19/h3-11H,2H2,1H3,(H,21,22,23). The summed E-state index contributed by atoms with van der Waals surface area (Å²) in [5, 5.41) is 12.1. The van der Waals surface area contributed by atoms with Crippen LogP contribution in [0, 0.1) is 0 Å². The average Bonchev–Trinajstić information content (AvgIpc) is 2.60. The van der Waals surface area contributed by atoms with Gasteiger partial charge in [-0.05, 0) is 31.2 Å². The maximum Gasteiger partial charge on any atom is 0.249 e. The van der Waals surface area contributed by atoms with Crippen LogP contribution in [0.2, 0.25) is 10.0 Å². The van der Waals surface area contributed by atoms with E-state index in [1.54, 1.807) is 24.4 Å². The highest BCUT2D eigenvalue weighted by Gasteiger charge is 2.12. The Labute approximate surface area is 150 Å². The van der Waals surface area contributed by atoms with Gasteiger partial charge >= 0.3 is 0 Å². The van der Waals surface area contributed by atoms with Gasteiger partial charge in [-0.1, -0.05) is 47.5 Å². The van der Waals surface area contributed by atoms with E-state index in [-0.39, 0.29) is 0 Å². The molecule has 3 rings (SSSR count). The molecule has 24 heavy (non-hydrogen) atoms. The van der Waals surface area contributed by atoms with E-state index in [9.17, 15) is 0 Å². The summed E-state index contributed by atoms with van der Waals surface area (Å²) in [4.78, 5) is 6.56. The van der Waals surface area contributed by atoms with Crippen molar-refractivity contribution in [1.29, 1.82) is 0 Å². The topological polar surface area (TPSA) is 53.9 Å². The Bertz CT molecular complexity index is 806. The molecule has 7 heteroatoms. The molecule has 0 bridgehead atoms. The van der Waals surface area contributed by atoms with Crippen molar-refractivity contribution < 1.29 is 0 Å². The second-order valence-corrected chi connectivity index (χ2v) is 5.75. The van der Waals surface area contributed by atoms with Gasteiger partial charge in [0.15, 0.2) is 5.82 Å². The fraction of sp³-hybridized carbons (Fsp3) is 0.118. The normalized spacial score (nSPS) is 10.5. The highest BCUT2D eigenvalue weighted by Crippen LogP contribution is 2.32. The zero-order chi connectivity index (χ0) is 16.9. The Balaban J connectivity index is 1.92. The van der Waals surface area contributed by atoms with Crippen LogP contribution in [0.15, 0.2) is 54.7 Å². The maximum absolute atomic E-state index is 6.17. The van der Waals surface area contributed by atoms with Crippen molar-refractivity contribution in [3.05, 3.63) is 64.8 Å². The minimum atomic E-state index is 0.330. The molecule has 5 nitrogen and oxygen atoms in total. The van der Waals surface area contributed by atoms with E-state index >= 15 is 0 Å². The van der Waals surface area contributed by atoms with E-state index in [1.807, 2.05) is 42.2 Å². The Kier molecular flexibility index (Phi) is 5.13. The lowest BCUT2D eigenvalue weighted by Gasteiger charge is -2.21. The van der Waals surface area contributed by atoms with Gasteiger partial charge in [0.2, 0.25) is 5.95 Å². The van der Waals surface area contributed by atoms with Gasteiger partial charge in [-0.3, -0.25) is 0 Å². The van der Waals surface area contributed by atoms with Gasteiger partial charge < -0.3 is 10.2 Å². The van der Waals surface area contributed by atoms with Crippen LogP contribution in [-0.2, 0) is 0 Å². The molecule has 1 N–H and O–H groups in total. The van der Waals surface area contributed by atoms with Crippen molar-refractivity contribution in [1.82, 2.24) is 15.2 Å². The first-order valence-electron chi connectivity index (χ1n) is 7.42. The minimum Gasteiger partial charge on any atom is -0.325 e. The molecule has 1 aromatic heterocycles. The van der Waals surface area contributed by atoms with E-state index < -0.39 is 0 Å². The van der Waals surface area contributed by atoms with E-state index in [0.717, 1.165) is 12.2 Å². The Morgan fingerprint density at radius 3 is 2.38 bits per heavy atom. The molecular weight excluding hydrogens is 345 g/mol. The molecule has 0 atom stereocenters. The number of hydrogen-bond acceptors (Lipinski definition) is 5. The molecular formula is C17H15Cl2N5. The summed E-state index contributed by atoms with van der Waals surface area (Å²) >= 11 is 12.3. The highest BCUT2D eigenvalue weighted by atomic mass is 35.5. The fourth-order valence-electron chi connectivity index (χ4n) is 2.29. The van der Waals surface area contributed by atoms with Crippen LogP contribution in [0.1, 0.15) is 6.92 Å². The third-order valence-corrected chi connectivity index (χ3v) is 4.04. The molecule has 0 aliphatic heterocycles. The van der Waals surface area contributed by atoms with Gasteiger partial charge in [0.25, 0.3) is 0 Å². The average molecular weight is 360 g/mol. The molecule has 0 aliphatic rings. The van der Waals surface area contributed by atoms with Crippen molar-refractivity contribution >= 4 is 46.3 Å². The van der Waals surface area contributed by atoms with Crippen LogP contribution >= 0.6 is 23.2 Å². The Hall–Kier alpha value is -2.37. The second-order valence-electron chi connectivity index (χ2n) is 4.94. The van der Waals surface area contributed by atoms with Gasteiger partial charge in [-0.25, -0.2) is 0 Å². The van der Waals surface area contributed by atoms with Crippen LogP contribution in [0.5, 0.6) is 0 Å². The number of aromatic nitrogens is 3. The fourth-order valence-corrected chi connectivity index (χ4v) is 2.78. The molecule has 0 aliphatic carbocycles. The first-order chi connectivity index (χ1) is 11.7. The number of hydrogen-bond donors (Lipinski definition) is 1. The summed E-state index contributed by atoms with van der Waals surface area (Å²) in [7, 11) is 0. The maximum atomic E-state index is 6.17. The number of nitrogens with zero attached hydrogens (tertiary/aromatic N) is 4. The Morgan fingerprint density at radius 2 is 1.71 bits per heavy atom. The van der Waals surface area contributed by atoms with E-state index in [0.29, 0.717) is 27.5 Å². The molecule has 0 spiro atoms. The first kappa shape index (κ1) is 16.5. The van der Waals surface area contributed by atoms with Crippen LogP contribution in [0.4, 0.5) is 23.1 Å². The summed E-state index contributed by atoms with van der Waals surface area (Å²) in [6.07, 6.45) is 1.62. The third kappa shape index (κ3) is 3.58. The van der Waals surface area contributed by atoms with Gasteiger partial charge in [-0.15, -0.1) is 5.10 Å². The third-order valence-electron chi connectivity index (χ3n) is 3.41. The molecule has 0 radical (unpaired) electrons. The van der Waals surface area contributed by atoms with Gasteiger partial charge in [0.05, 0.1) is 21.9 Å². The SMILES string of the molecule is CCN(c1ccccc1)c1cnnc(Nc2c(Cl)cccc2Cl)n1. The first-order valence-corrected chi connectivity index (χ1v) is 8.18. The molecule has 3 aromatic rings. The number of para-hydroxylation sites is 2. The van der Waals surface area contributed by atoms with Crippen LogP contribution < -0.4 is 10.2 Å². The van der Waals surface area contributed by atoms with Gasteiger partial charge in [0.1, 0.15) is 0 Å². The number of benzene rings is 2. The van der Waals surface area contributed by atoms with Crippen LogP contribution in [0.25, 0.3) is 0 Å². The van der Waals surface area contributed by atoms with E-state index in [2.05, 4.69) is 20.5 Å². The number of halogens is 2. The lowest BCUT2D eigenvalue weighted by molar-refractivity contribution is 0.922. The number of anilines is 4. The quantitative estimate of drug-likeness (QED) is 0.688. The molecule has 1 heterocycles. The number of rotatable bonds is 5. The van der Waals surface area contributed by atoms with Crippen LogP contribution in [-0.4, -0.2) is 21.7 Å². The molecule has 2 aromatic carbocycles. The zero-order valence-corrected chi connectivity index (χ0v) is 14.5. The predicted octanol–water partition coefficient (Wildman–Crippen LogP) is 5.08. The molecule has 0 unspecified atom stereocenters. The summed E-state index contributed by atoms with van der Waals surface area (Å²) in [6, 6.07) is 15.2. The second kappa shape index (κ2) is 7.47. The van der Waals surface area contributed by atoms with Gasteiger partial charge in [-0.2, -0.15) is 10.1 Å². The molecule has 0 amide bonds. The predicted molar refractivity (Wildman–Crippen MR) is 98.7 cm³/mol. The summed E-state index contributed by atoms with van der Waals surface area (Å²) in [6.45, 7) is 2.79. The molecule has 0 fully saturated rings. The lowest BCUT2D eigenvalue weighted by atomic mass is 10.3. The Morgan fingerprint density at radius 1 is 1.00 bits per heavy atom. The van der Waals surface area contributed by atoms with Crippen molar-refractivity contribution in [3.63, 3.8) is 0 Å². The monoisotopic (exact) mass is 359 g/mol. The molecule has 0 saturated heterocycles. The highest BCUT2D eigenvalue weighted by molar-refractivity contribution is 6.39. The number of nitrogens with one attached hydrogen (secondary N) is 1. The van der Waals surface area contributed by atoms with Crippen molar-refractivity contribution in [2.45, 2.75) is 6.92 Å². The van der Waals surface area contributed by atoms with E-state index in [1.165, 1.54) is 0 Å². The van der Waals surface area contributed by atoms with Crippen molar-refractivity contribution in [2.24, 2.45) is 0 Å². The van der Waals surface area contributed by atoms with Crippen molar-refractivity contribution in [2.75, 3.05) is 16.8 Å². The van der Waals surface area contributed by atoms with Crippen molar-refractivity contribution in [3.8, 4) is 0 Å². The summed E-state index contributed by atoms with van der Waals surface area (Å²) < 4.78 is 0. The van der Waals surface area contributed by atoms with E-state index in [4.69, 9.17) is 23.2 Å². The lowest BCUT2D eigenvalue weighted by Crippen LogP contribution is -2.18. The largest absolute Gasteiger partial charge is 0.325 e.